The van der Waals surface area contributed by atoms with Crippen molar-refractivity contribution in [2.24, 2.45) is 5.92 Å². The van der Waals surface area contributed by atoms with Crippen LogP contribution in [-0.4, -0.2) is 30.0 Å². The minimum atomic E-state index is -0.509. The first-order chi connectivity index (χ1) is 9.30. The van der Waals surface area contributed by atoms with Crippen LogP contribution in [0.25, 0.3) is 0 Å². The van der Waals surface area contributed by atoms with Crippen LogP contribution in [-0.2, 0) is 11.2 Å². The average molecular weight is 344 g/mol. The minimum absolute atomic E-state index is 0.0197. The van der Waals surface area contributed by atoms with Gasteiger partial charge in [-0.15, -0.1) is 0 Å². The Morgan fingerprint density at radius 1 is 1.35 bits per heavy atom. The van der Waals surface area contributed by atoms with Gasteiger partial charge in [0.1, 0.15) is 5.60 Å². The second-order valence-electron chi connectivity index (χ2n) is 5.76. The van der Waals surface area contributed by atoms with Gasteiger partial charge in [0, 0.05) is 23.5 Å². The Balaban J connectivity index is 2.43. The van der Waals surface area contributed by atoms with Gasteiger partial charge >= 0.3 is 6.09 Å². The van der Waals surface area contributed by atoms with E-state index in [0.29, 0.717) is 13.0 Å². The molecule has 1 amide bonds. The van der Waals surface area contributed by atoms with Crippen molar-refractivity contribution in [1.29, 1.82) is 0 Å². The number of ether oxygens (including phenoxy) is 1. The number of aliphatic hydroxyl groups is 1. The van der Waals surface area contributed by atoms with Crippen molar-refractivity contribution in [3.63, 3.8) is 0 Å². The van der Waals surface area contributed by atoms with E-state index in [1.165, 1.54) is 0 Å². The van der Waals surface area contributed by atoms with Gasteiger partial charge in [-0.25, -0.2) is 4.79 Å². The molecule has 1 rings (SSSR count). The molecule has 20 heavy (non-hydrogen) atoms. The maximum absolute atomic E-state index is 11.6. The molecular weight excluding hydrogens is 322 g/mol. The molecule has 0 fully saturated rings. The Bertz CT molecular complexity index is 426. The molecule has 0 saturated heterocycles. The van der Waals surface area contributed by atoms with Gasteiger partial charge in [0.25, 0.3) is 0 Å². The second kappa shape index (κ2) is 7.64. The molecule has 0 heterocycles. The summed E-state index contributed by atoms with van der Waals surface area (Å²) in [4.78, 5) is 11.6. The first-order valence-corrected chi connectivity index (χ1v) is 7.41. The van der Waals surface area contributed by atoms with Crippen LogP contribution in [0.1, 0.15) is 26.3 Å². The highest BCUT2D eigenvalue weighted by Crippen LogP contribution is 2.14. The van der Waals surface area contributed by atoms with Gasteiger partial charge < -0.3 is 15.2 Å². The van der Waals surface area contributed by atoms with E-state index >= 15 is 0 Å². The van der Waals surface area contributed by atoms with Crippen molar-refractivity contribution in [3.05, 3.63) is 34.3 Å². The number of amides is 1. The van der Waals surface area contributed by atoms with Gasteiger partial charge in [0.15, 0.2) is 0 Å². The lowest BCUT2D eigenvalue weighted by Crippen LogP contribution is -2.36. The third kappa shape index (κ3) is 6.91. The number of halogens is 1. The van der Waals surface area contributed by atoms with Crippen molar-refractivity contribution >= 4 is 22.0 Å². The van der Waals surface area contributed by atoms with E-state index in [1.54, 1.807) is 0 Å². The highest BCUT2D eigenvalue weighted by molar-refractivity contribution is 9.10. The van der Waals surface area contributed by atoms with Gasteiger partial charge in [0.05, 0.1) is 0 Å². The highest BCUT2D eigenvalue weighted by atomic mass is 79.9. The topological polar surface area (TPSA) is 58.6 Å². The van der Waals surface area contributed by atoms with Crippen LogP contribution in [0.5, 0.6) is 0 Å². The molecule has 0 aliphatic heterocycles. The number of hydrogen-bond donors (Lipinski definition) is 2. The van der Waals surface area contributed by atoms with Gasteiger partial charge in [-0.2, -0.15) is 0 Å². The molecule has 1 unspecified atom stereocenters. The summed E-state index contributed by atoms with van der Waals surface area (Å²) < 4.78 is 6.18. The number of alkyl carbamates (subject to hydrolysis) is 1. The van der Waals surface area contributed by atoms with Crippen LogP contribution < -0.4 is 5.32 Å². The van der Waals surface area contributed by atoms with Gasteiger partial charge in [-0.05, 0) is 44.9 Å². The summed E-state index contributed by atoms with van der Waals surface area (Å²) in [7, 11) is 0. The Labute approximate surface area is 128 Å². The van der Waals surface area contributed by atoms with Crippen molar-refractivity contribution in [2.75, 3.05) is 13.2 Å². The van der Waals surface area contributed by atoms with E-state index in [2.05, 4.69) is 21.2 Å². The lowest BCUT2D eigenvalue weighted by atomic mass is 10.0. The second-order valence-corrected chi connectivity index (χ2v) is 6.68. The van der Waals surface area contributed by atoms with Gasteiger partial charge in [-0.1, -0.05) is 28.1 Å². The highest BCUT2D eigenvalue weighted by Gasteiger charge is 2.17. The van der Waals surface area contributed by atoms with Crippen molar-refractivity contribution in [3.8, 4) is 0 Å². The van der Waals surface area contributed by atoms with E-state index in [0.717, 1.165) is 10.0 Å². The lowest BCUT2D eigenvalue weighted by molar-refractivity contribution is 0.0512. The summed E-state index contributed by atoms with van der Waals surface area (Å²) in [6.07, 6.45) is 0.256. The van der Waals surface area contributed by atoms with Gasteiger partial charge in [0.2, 0.25) is 0 Å². The molecule has 0 radical (unpaired) electrons. The predicted molar refractivity (Wildman–Crippen MR) is 82.7 cm³/mol. The Kier molecular flexibility index (Phi) is 6.49. The smallest absolute Gasteiger partial charge is 0.407 e. The SMILES string of the molecule is CC(C)(C)OC(=O)NCC(CO)Cc1ccc(Br)cc1. The van der Waals surface area contributed by atoms with Crippen molar-refractivity contribution in [2.45, 2.75) is 32.8 Å². The van der Waals surface area contributed by atoms with Crippen LogP contribution in [0.2, 0.25) is 0 Å². The maximum atomic E-state index is 11.6. The van der Waals surface area contributed by atoms with E-state index in [1.807, 2.05) is 45.0 Å². The summed E-state index contributed by atoms with van der Waals surface area (Å²) >= 11 is 3.38. The predicted octanol–water partition coefficient (Wildman–Crippen LogP) is 3.12. The molecule has 0 saturated carbocycles. The van der Waals surface area contributed by atoms with Crippen LogP contribution >= 0.6 is 15.9 Å². The number of rotatable bonds is 5. The summed E-state index contributed by atoms with van der Waals surface area (Å²) in [5.74, 6) is -0.0244. The van der Waals surface area contributed by atoms with Crippen molar-refractivity contribution in [1.82, 2.24) is 5.32 Å². The zero-order chi connectivity index (χ0) is 15.2. The van der Waals surface area contributed by atoms with Gasteiger partial charge in [-0.3, -0.25) is 0 Å². The Morgan fingerprint density at radius 3 is 2.45 bits per heavy atom. The minimum Gasteiger partial charge on any atom is -0.444 e. The van der Waals surface area contributed by atoms with Crippen LogP contribution in [0.3, 0.4) is 0 Å². The molecule has 112 valence electrons. The molecule has 4 nitrogen and oxygen atoms in total. The number of carbonyl (C=O) groups excluding carboxylic acids is 1. The molecule has 1 aromatic carbocycles. The van der Waals surface area contributed by atoms with Crippen molar-refractivity contribution < 1.29 is 14.6 Å². The Morgan fingerprint density at radius 2 is 1.95 bits per heavy atom. The standard InChI is InChI=1S/C15H22BrNO3/c1-15(2,3)20-14(19)17-9-12(10-18)8-11-4-6-13(16)7-5-11/h4-7,12,18H,8-10H2,1-3H3,(H,17,19). The molecule has 2 N–H and O–H groups in total. The van der Waals surface area contributed by atoms with E-state index < -0.39 is 11.7 Å². The summed E-state index contributed by atoms with van der Waals surface area (Å²) in [5, 5.41) is 12.1. The molecule has 1 aromatic rings. The monoisotopic (exact) mass is 343 g/mol. The van der Waals surface area contributed by atoms with E-state index in [-0.39, 0.29) is 12.5 Å². The normalized spacial score (nSPS) is 12.8. The van der Waals surface area contributed by atoms with Crippen LogP contribution in [0.15, 0.2) is 28.7 Å². The molecule has 0 aromatic heterocycles. The number of hydrogen-bond acceptors (Lipinski definition) is 3. The molecule has 5 heteroatoms. The van der Waals surface area contributed by atoms with E-state index in [9.17, 15) is 9.90 Å². The summed E-state index contributed by atoms with van der Waals surface area (Å²) in [5.41, 5.74) is 0.614. The van der Waals surface area contributed by atoms with Crippen LogP contribution in [0, 0.1) is 5.92 Å². The first kappa shape index (κ1) is 17.0. The molecule has 0 spiro atoms. The maximum Gasteiger partial charge on any atom is 0.407 e. The fourth-order valence-corrected chi connectivity index (χ4v) is 1.96. The number of nitrogens with one attached hydrogen (secondary N) is 1. The van der Waals surface area contributed by atoms with E-state index in [4.69, 9.17) is 4.74 Å². The third-order valence-corrected chi connectivity index (χ3v) is 3.16. The summed E-state index contributed by atoms with van der Waals surface area (Å²) in [6.45, 7) is 5.86. The number of aliphatic hydroxyl groups excluding tert-OH is 1. The molecular formula is C15H22BrNO3. The lowest BCUT2D eigenvalue weighted by Gasteiger charge is -2.21. The molecule has 0 aliphatic carbocycles. The number of carbonyl (C=O) groups is 1. The first-order valence-electron chi connectivity index (χ1n) is 6.62. The molecule has 0 bridgehead atoms. The fourth-order valence-electron chi connectivity index (χ4n) is 1.70. The average Bonchev–Trinajstić information content (AvgIpc) is 2.34. The molecule has 1 atom stereocenters. The zero-order valence-corrected chi connectivity index (χ0v) is 13.7. The Hall–Kier alpha value is -1.07. The largest absolute Gasteiger partial charge is 0.444 e. The zero-order valence-electron chi connectivity index (χ0n) is 12.1. The van der Waals surface area contributed by atoms with Crippen LogP contribution in [0.4, 0.5) is 4.79 Å². The fraction of sp³-hybridized carbons (Fsp3) is 0.533. The number of benzene rings is 1. The quantitative estimate of drug-likeness (QED) is 0.863. The molecule has 0 aliphatic rings. The third-order valence-electron chi connectivity index (χ3n) is 2.63. The summed E-state index contributed by atoms with van der Waals surface area (Å²) in [6, 6.07) is 7.93.